The summed E-state index contributed by atoms with van der Waals surface area (Å²) >= 11 is 0. The van der Waals surface area contributed by atoms with Crippen molar-refractivity contribution in [3.8, 4) is 11.3 Å². The third-order valence-corrected chi connectivity index (χ3v) is 5.44. The summed E-state index contributed by atoms with van der Waals surface area (Å²) in [6.45, 7) is 2.28. The zero-order chi connectivity index (χ0) is 17.8. The van der Waals surface area contributed by atoms with Gasteiger partial charge in [-0.25, -0.2) is 4.98 Å². The molecule has 132 valence electrons. The van der Waals surface area contributed by atoms with Crippen LogP contribution in [0.2, 0.25) is 0 Å². The van der Waals surface area contributed by atoms with Crippen LogP contribution in [0, 0.1) is 0 Å². The molecule has 0 atom stereocenters. The number of hydrogen-bond donors (Lipinski definition) is 0. The van der Waals surface area contributed by atoms with Crippen LogP contribution in [0.25, 0.3) is 34.3 Å². The van der Waals surface area contributed by atoms with Gasteiger partial charge in [-0.3, -0.25) is 0 Å². The fraction of sp³-hybridized carbons (Fsp3) is 0.320. The Morgan fingerprint density at radius 1 is 0.769 bits per heavy atom. The van der Waals surface area contributed by atoms with E-state index >= 15 is 0 Å². The van der Waals surface area contributed by atoms with Gasteiger partial charge in [0.25, 0.3) is 0 Å². The number of pyridine rings is 1. The lowest BCUT2D eigenvalue weighted by Gasteiger charge is -2.15. The van der Waals surface area contributed by atoms with E-state index in [1.165, 1.54) is 71.9 Å². The van der Waals surface area contributed by atoms with Crippen molar-refractivity contribution in [2.24, 2.45) is 0 Å². The quantitative estimate of drug-likeness (QED) is 0.307. The van der Waals surface area contributed by atoms with Gasteiger partial charge < -0.3 is 0 Å². The number of rotatable bonds is 8. The first-order chi connectivity index (χ1) is 12.9. The van der Waals surface area contributed by atoms with Gasteiger partial charge in [-0.05, 0) is 35.6 Å². The molecular weight excluding hydrogens is 314 g/mol. The molecule has 2 aromatic carbocycles. The standard InChI is InChI=1S/C25H27N/c1-2-3-4-5-6-10-15-22-21-18-17-19-14-11-16-23(24(19)21)26-25(22)20-12-8-7-9-13-20/h7-9,11-14,16-18H,2-6,10,15H2,1H3. The van der Waals surface area contributed by atoms with Crippen LogP contribution in [0.5, 0.6) is 0 Å². The van der Waals surface area contributed by atoms with Crippen LogP contribution < -0.4 is 0 Å². The molecule has 0 fully saturated rings. The minimum atomic E-state index is 1.12. The molecule has 26 heavy (non-hydrogen) atoms. The monoisotopic (exact) mass is 341 g/mol. The van der Waals surface area contributed by atoms with E-state index in [-0.39, 0.29) is 0 Å². The lowest BCUT2D eigenvalue weighted by Crippen LogP contribution is -1.99. The van der Waals surface area contributed by atoms with E-state index in [1.807, 2.05) is 0 Å². The SMILES string of the molecule is CCCCCCCCc1c(-c2ccccc2)nc2cccc3c2c1C=C3. The molecule has 1 aliphatic rings. The Morgan fingerprint density at radius 3 is 2.42 bits per heavy atom. The summed E-state index contributed by atoms with van der Waals surface area (Å²) in [5.74, 6) is 0. The first-order valence-corrected chi connectivity index (χ1v) is 10.1. The van der Waals surface area contributed by atoms with E-state index in [9.17, 15) is 0 Å². The molecule has 1 aromatic heterocycles. The number of benzene rings is 2. The van der Waals surface area contributed by atoms with Crippen molar-refractivity contribution in [3.63, 3.8) is 0 Å². The zero-order valence-electron chi connectivity index (χ0n) is 15.7. The fourth-order valence-electron chi connectivity index (χ4n) is 4.08. The van der Waals surface area contributed by atoms with Gasteiger partial charge in [-0.15, -0.1) is 0 Å². The van der Waals surface area contributed by atoms with Crippen molar-refractivity contribution >= 4 is 23.1 Å². The molecule has 3 aromatic rings. The summed E-state index contributed by atoms with van der Waals surface area (Å²) in [4.78, 5) is 5.10. The first kappa shape index (κ1) is 17.0. The van der Waals surface area contributed by atoms with E-state index in [1.54, 1.807) is 0 Å². The third-order valence-electron chi connectivity index (χ3n) is 5.44. The van der Waals surface area contributed by atoms with E-state index in [0.717, 1.165) is 11.9 Å². The van der Waals surface area contributed by atoms with Gasteiger partial charge in [0.1, 0.15) is 0 Å². The molecule has 0 unspecified atom stereocenters. The molecule has 1 aliphatic carbocycles. The van der Waals surface area contributed by atoms with E-state index in [2.05, 4.69) is 67.6 Å². The average molecular weight is 341 g/mol. The lowest BCUT2D eigenvalue weighted by molar-refractivity contribution is 0.607. The highest BCUT2D eigenvalue weighted by molar-refractivity contribution is 6.05. The maximum atomic E-state index is 5.10. The highest BCUT2D eigenvalue weighted by Crippen LogP contribution is 2.37. The molecule has 4 rings (SSSR count). The van der Waals surface area contributed by atoms with Crippen LogP contribution in [0.4, 0.5) is 0 Å². The molecule has 0 saturated heterocycles. The number of hydrogen-bond acceptors (Lipinski definition) is 1. The summed E-state index contributed by atoms with van der Waals surface area (Å²) in [5.41, 5.74) is 7.67. The van der Waals surface area contributed by atoms with Crippen molar-refractivity contribution in [2.45, 2.75) is 51.9 Å². The number of unbranched alkanes of at least 4 members (excludes halogenated alkanes) is 5. The minimum Gasteiger partial charge on any atom is -0.247 e. The van der Waals surface area contributed by atoms with Crippen molar-refractivity contribution in [3.05, 3.63) is 65.2 Å². The van der Waals surface area contributed by atoms with Crippen molar-refractivity contribution < 1.29 is 0 Å². The summed E-state index contributed by atoms with van der Waals surface area (Å²) < 4.78 is 0. The molecule has 0 saturated carbocycles. The van der Waals surface area contributed by atoms with Crippen molar-refractivity contribution in [2.75, 3.05) is 0 Å². The maximum absolute atomic E-state index is 5.10. The van der Waals surface area contributed by atoms with Crippen molar-refractivity contribution in [1.29, 1.82) is 0 Å². The summed E-state index contributed by atoms with van der Waals surface area (Å²) in [7, 11) is 0. The Labute approximate surface area is 156 Å². The van der Waals surface area contributed by atoms with Gasteiger partial charge in [0.05, 0.1) is 11.2 Å². The number of nitrogens with zero attached hydrogens (tertiary/aromatic N) is 1. The predicted molar refractivity (Wildman–Crippen MR) is 113 cm³/mol. The maximum Gasteiger partial charge on any atom is 0.0747 e. The molecule has 0 N–H and O–H groups in total. The fourth-order valence-corrected chi connectivity index (χ4v) is 4.08. The Morgan fingerprint density at radius 2 is 1.58 bits per heavy atom. The highest BCUT2D eigenvalue weighted by atomic mass is 14.7. The van der Waals surface area contributed by atoms with Crippen LogP contribution in [0.15, 0.2) is 48.5 Å². The van der Waals surface area contributed by atoms with Gasteiger partial charge in [0.15, 0.2) is 0 Å². The molecule has 0 aliphatic heterocycles. The van der Waals surface area contributed by atoms with Crippen LogP contribution >= 0.6 is 0 Å². The zero-order valence-corrected chi connectivity index (χ0v) is 15.7. The Hall–Kier alpha value is -2.41. The van der Waals surface area contributed by atoms with Crippen LogP contribution in [-0.2, 0) is 6.42 Å². The van der Waals surface area contributed by atoms with E-state index in [4.69, 9.17) is 4.98 Å². The molecule has 1 nitrogen and oxygen atoms in total. The molecule has 0 radical (unpaired) electrons. The molecule has 0 spiro atoms. The van der Waals surface area contributed by atoms with Gasteiger partial charge in [0.2, 0.25) is 0 Å². The predicted octanol–water partition coefficient (Wildman–Crippen LogP) is 7.29. The Kier molecular flexibility index (Phi) is 5.15. The summed E-state index contributed by atoms with van der Waals surface area (Å²) in [5, 5.41) is 1.34. The minimum absolute atomic E-state index is 1.12. The number of aromatic nitrogens is 1. The van der Waals surface area contributed by atoms with E-state index < -0.39 is 0 Å². The second kappa shape index (κ2) is 7.86. The third kappa shape index (κ3) is 3.31. The molecular formula is C25H27N. The van der Waals surface area contributed by atoms with E-state index in [0.29, 0.717) is 0 Å². The Balaban J connectivity index is 1.69. The molecule has 1 heterocycles. The second-order valence-corrected chi connectivity index (χ2v) is 7.31. The summed E-state index contributed by atoms with van der Waals surface area (Å²) in [6.07, 6.45) is 13.6. The second-order valence-electron chi connectivity index (χ2n) is 7.31. The average Bonchev–Trinajstić information content (AvgIpc) is 3.12. The largest absolute Gasteiger partial charge is 0.247 e. The van der Waals surface area contributed by atoms with Crippen LogP contribution in [0.1, 0.15) is 62.1 Å². The summed E-state index contributed by atoms with van der Waals surface area (Å²) in [6, 6.07) is 17.1. The normalized spacial score (nSPS) is 12.2. The van der Waals surface area contributed by atoms with Gasteiger partial charge in [-0.1, -0.05) is 93.6 Å². The topological polar surface area (TPSA) is 12.9 Å². The molecule has 0 amide bonds. The molecule has 0 bridgehead atoms. The highest BCUT2D eigenvalue weighted by Gasteiger charge is 2.18. The Bertz CT molecular complexity index is 922. The lowest BCUT2D eigenvalue weighted by atomic mass is 9.93. The van der Waals surface area contributed by atoms with Crippen LogP contribution in [0.3, 0.4) is 0 Å². The van der Waals surface area contributed by atoms with Crippen LogP contribution in [-0.4, -0.2) is 4.98 Å². The first-order valence-electron chi connectivity index (χ1n) is 10.1. The van der Waals surface area contributed by atoms with Gasteiger partial charge >= 0.3 is 0 Å². The van der Waals surface area contributed by atoms with Crippen molar-refractivity contribution in [1.82, 2.24) is 4.98 Å². The smallest absolute Gasteiger partial charge is 0.0747 e. The molecule has 1 heteroatoms. The van der Waals surface area contributed by atoms with Gasteiger partial charge in [-0.2, -0.15) is 0 Å². The van der Waals surface area contributed by atoms with Gasteiger partial charge in [0, 0.05) is 10.9 Å².